The Kier molecular flexibility index (Phi) is 3.33. The maximum atomic E-state index is 11.3. The van der Waals surface area contributed by atoms with Gasteiger partial charge in [-0.2, -0.15) is 0 Å². The summed E-state index contributed by atoms with van der Waals surface area (Å²) in [6.45, 7) is 1.49. The fourth-order valence-electron chi connectivity index (χ4n) is 1.61. The van der Waals surface area contributed by atoms with E-state index in [1.165, 1.54) is 6.92 Å². The first-order valence-corrected chi connectivity index (χ1v) is 5.52. The van der Waals surface area contributed by atoms with E-state index in [0.29, 0.717) is 12.2 Å². The molecule has 0 saturated heterocycles. The van der Waals surface area contributed by atoms with Gasteiger partial charge in [0.15, 0.2) is 0 Å². The molecule has 2 N–H and O–H groups in total. The van der Waals surface area contributed by atoms with Gasteiger partial charge in [-0.25, -0.2) is 0 Å². The summed E-state index contributed by atoms with van der Waals surface area (Å²) in [7, 11) is 0. The third-order valence-corrected chi connectivity index (χ3v) is 2.46. The van der Waals surface area contributed by atoms with Crippen molar-refractivity contribution >= 4 is 17.6 Å². The average Bonchev–Trinajstić information content (AvgIpc) is 2.58. The molecule has 1 aromatic rings. The number of imide groups is 1. The Bertz CT molecular complexity index is 586. The smallest absolute Gasteiger partial charge is 0.298 e. The number of carbonyl (C=O) groups is 3. The molecule has 0 bridgehead atoms. The Hall–Kier alpha value is -2.63. The monoisotopic (exact) mass is 261 g/mol. The highest BCUT2D eigenvalue weighted by Crippen LogP contribution is 2.19. The minimum absolute atomic E-state index is 0.0368. The quantitative estimate of drug-likeness (QED) is 0.775. The standard InChI is InChI=1S/C13H11NO5/c1-7(15)6-8-2-4-9(5-3-8)19-11-10(16)12(17)14-13(11)18/h2-5H,6H2,1H3,(H2,14,16,17,18). The number of hydrogen-bond donors (Lipinski definition) is 2. The van der Waals surface area contributed by atoms with Gasteiger partial charge in [-0.15, -0.1) is 0 Å². The number of carbonyl (C=O) groups excluding carboxylic acids is 3. The second-order valence-electron chi connectivity index (χ2n) is 4.09. The second-order valence-corrected chi connectivity index (χ2v) is 4.09. The van der Waals surface area contributed by atoms with E-state index in [-0.39, 0.29) is 5.78 Å². The lowest BCUT2D eigenvalue weighted by atomic mass is 10.1. The van der Waals surface area contributed by atoms with E-state index in [4.69, 9.17) is 4.74 Å². The molecule has 0 unspecified atom stereocenters. The largest absolute Gasteiger partial charge is 0.500 e. The Morgan fingerprint density at radius 3 is 2.32 bits per heavy atom. The first-order valence-electron chi connectivity index (χ1n) is 5.52. The predicted octanol–water partition coefficient (Wildman–Crippen LogP) is 0.623. The van der Waals surface area contributed by atoms with Crippen LogP contribution >= 0.6 is 0 Å². The van der Waals surface area contributed by atoms with E-state index in [1.807, 2.05) is 5.32 Å². The van der Waals surface area contributed by atoms with Crippen molar-refractivity contribution in [2.75, 3.05) is 0 Å². The summed E-state index contributed by atoms with van der Waals surface area (Å²) in [6.07, 6.45) is 0.313. The molecule has 6 nitrogen and oxygen atoms in total. The number of rotatable bonds is 4. The number of aliphatic hydroxyl groups is 1. The van der Waals surface area contributed by atoms with Crippen molar-refractivity contribution in [1.82, 2.24) is 5.32 Å². The number of amides is 2. The van der Waals surface area contributed by atoms with Crippen molar-refractivity contribution in [2.24, 2.45) is 0 Å². The summed E-state index contributed by atoms with van der Waals surface area (Å²) >= 11 is 0. The van der Waals surface area contributed by atoms with E-state index >= 15 is 0 Å². The summed E-state index contributed by atoms with van der Waals surface area (Å²) in [5.74, 6) is -2.50. The zero-order valence-corrected chi connectivity index (χ0v) is 10.1. The Labute approximate surface area is 108 Å². The summed E-state index contributed by atoms with van der Waals surface area (Å²) < 4.78 is 5.14. The maximum Gasteiger partial charge on any atom is 0.298 e. The van der Waals surface area contributed by atoms with E-state index < -0.39 is 23.3 Å². The number of Topliss-reactive ketones (excluding diaryl/α,β-unsaturated/α-hetero) is 1. The van der Waals surface area contributed by atoms with Gasteiger partial charge in [0.1, 0.15) is 11.5 Å². The third kappa shape index (κ3) is 2.79. The molecule has 0 saturated carbocycles. The summed E-state index contributed by atoms with van der Waals surface area (Å²) in [4.78, 5) is 33.2. The number of aliphatic hydroxyl groups excluding tert-OH is 1. The first-order chi connectivity index (χ1) is 8.97. The average molecular weight is 261 g/mol. The van der Waals surface area contributed by atoms with Crippen LogP contribution < -0.4 is 10.1 Å². The fourth-order valence-corrected chi connectivity index (χ4v) is 1.61. The number of ketones is 1. The molecule has 0 aliphatic carbocycles. The van der Waals surface area contributed by atoms with E-state index in [0.717, 1.165) is 5.56 Å². The topological polar surface area (TPSA) is 92.7 Å². The first kappa shape index (κ1) is 12.8. The molecule has 1 aliphatic heterocycles. The Morgan fingerprint density at radius 2 is 1.84 bits per heavy atom. The summed E-state index contributed by atoms with van der Waals surface area (Å²) in [5.41, 5.74) is 0.810. The lowest BCUT2D eigenvalue weighted by Crippen LogP contribution is -2.24. The van der Waals surface area contributed by atoms with Gasteiger partial charge in [0, 0.05) is 6.42 Å². The van der Waals surface area contributed by atoms with Gasteiger partial charge in [-0.05, 0) is 24.6 Å². The van der Waals surface area contributed by atoms with Crippen LogP contribution in [-0.4, -0.2) is 22.7 Å². The molecule has 0 atom stereocenters. The normalized spacial score (nSPS) is 14.6. The highest BCUT2D eigenvalue weighted by molar-refractivity contribution is 6.17. The predicted molar refractivity (Wildman–Crippen MR) is 64.3 cm³/mol. The Morgan fingerprint density at radius 1 is 1.21 bits per heavy atom. The van der Waals surface area contributed by atoms with Crippen molar-refractivity contribution < 1.29 is 24.2 Å². The molecular formula is C13H11NO5. The molecule has 19 heavy (non-hydrogen) atoms. The molecule has 0 aromatic heterocycles. The number of hydrogen-bond acceptors (Lipinski definition) is 5. The van der Waals surface area contributed by atoms with Crippen molar-refractivity contribution in [2.45, 2.75) is 13.3 Å². The van der Waals surface area contributed by atoms with Crippen LogP contribution in [0.15, 0.2) is 35.8 Å². The lowest BCUT2D eigenvalue weighted by molar-refractivity contribution is -0.125. The minimum atomic E-state index is -0.881. The van der Waals surface area contributed by atoms with Crippen molar-refractivity contribution in [3.8, 4) is 5.75 Å². The SMILES string of the molecule is CC(=O)Cc1ccc(OC2=C(O)C(=O)NC2=O)cc1. The van der Waals surface area contributed by atoms with Gasteiger partial charge in [0.05, 0.1) is 0 Å². The van der Waals surface area contributed by atoms with Gasteiger partial charge in [0.2, 0.25) is 11.5 Å². The van der Waals surface area contributed by atoms with E-state index in [9.17, 15) is 19.5 Å². The molecule has 2 amide bonds. The maximum absolute atomic E-state index is 11.3. The molecular weight excluding hydrogens is 250 g/mol. The highest BCUT2D eigenvalue weighted by Gasteiger charge is 2.32. The van der Waals surface area contributed by atoms with Crippen LogP contribution in [0.5, 0.6) is 5.75 Å². The van der Waals surface area contributed by atoms with Gasteiger partial charge in [-0.1, -0.05) is 12.1 Å². The van der Waals surface area contributed by atoms with Crippen LogP contribution in [0.2, 0.25) is 0 Å². The van der Waals surface area contributed by atoms with Crippen LogP contribution in [0.1, 0.15) is 12.5 Å². The molecule has 0 radical (unpaired) electrons. The molecule has 2 rings (SSSR count). The van der Waals surface area contributed by atoms with Gasteiger partial charge >= 0.3 is 0 Å². The number of nitrogens with one attached hydrogen (secondary N) is 1. The molecule has 0 spiro atoms. The van der Waals surface area contributed by atoms with Crippen LogP contribution in [0.3, 0.4) is 0 Å². The van der Waals surface area contributed by atoms with Gasteiger partial charge < -0.3 is 9.84 Å². The summed E-state index contributed by atoms with van der Waals surface area (Å²) in [5, 5.41) is 11.2. The van der Waals surface area contributed by atoms with Gasteiger partial charge in [-0.3, -0.25) is 19.7 Å². The van der Waals surface area contributed by atoms with E-state index in [2.05, 4.69) is 0 Å². The van der Waals surface area contributed by atoms with Crippen LogP contribution in [0, 0.1) is 0 Å². The lowest BCUT2D eigenvalue weighted by Gasteiger charge is -2.05. The van der Waals surface area contributed by atoms with Crippen LogP contribution in [0.25, 0.3) is 0 Å². The Balaban J connectivity index is 2.14. The number of ether oxygens (including phenoxy) is 1. The second kappa shape index (κ2) is 4.93. The minimum Gasteiger partial charge on any atom is -0.500 e. The summed E-state index contributed by atoms with van der Waals surface area (Å²) in [6, 6.07) is 6.44. The molecule has 1 heterocycles. The number of benzene rings is 1. The fraction of sp³-hybridized carbons (Fsp3) is 0.154. The molecule has 1 aliphatic rings. The molecule has 1 aromatic carbocycles. The van der Waals surface area contributed by atoms with Crippen LogP contribution in [-0.2, 0) is 20.8 Å². The molecule has 0 fully saturated rings. The van der Waals surface area contributed by atoms with E-state index in [1.54, 1.807) is 24.3 Å². The molecule has 6 heteroatoms. The van der Waals surface area contributed by atoms with Crippen molar-refractivity contribution in [3.05, 3.63) is 41.3 Å². The zero-order chi connectivity index (χ0) is 14.0. The van der Waals surface area contributed by atoms with Crippen molar-refractivity contribution in [1.29, 1.82) is 0 Å². The third-order valence-electron chi connectivity index (χ3n) is 2.46. The zero-order valence-electron chi connectivity index (χ0n) is 10.1. The molecule has 98 valence electrons. The van der Waals surface area contributed by atoms with Crippen molar-refractivity contribution in [3.63, 3.8) is 0 Å². The van der Waals surface area contributed by atoms with Crippen LogP contribution in [0.4, 0.5) is 0 Å². The van der Waals surface area contributed by atoms with Gasteiger partial charge in [0.25, 0.3) is 11.8 Å². The highest BCUT2D eigenvalue weighted by atomic mass is 16.5.